The van der Waals surface area contributed by atoms with Crippen molar-refractivity contribution in [3.8, 4) is 34.3 Å². The first kappa shape index (κ1) is 20.1. The van der Waals surface area contributed by atoms with E-state index in [2.05, 4.69) is 15.5 Å². The molecule has 0 bridgehead atoms. The number of methoxy groups -OCH3 is 2. The lowest BCUT2D eigenvalue weighted by molar-refractivity contribution is 0.102. The molecule has 1 heterocycles. The van der Waals surface area contributed by atoms with Gasteiger partial charge in [-0.2, -0.15) is 4.98 Å². The molecule has 0 fully saturated rings. The first-order valence-corrected chi connectivity index (χ1v) is 9.30. The van der Waals surface area contributed by atoms with Crippen LogP contribution in [0.25, 0.3) is 22.8 Å². The number of aromatic nitrogens is 2. The highest BCUT2D eigenvalue weighted by Crippen LogP contribution is 2.27. The molecule has 1 aromatic heterocycles. The smallest absolute Gasteiger partial charge is 0.258 e. The van der Waals surface area contributed by atoms with Gasteiger partial charge in [0.1, 0.15) is 17.3 Å². The zero-order chi connectivity index (χ0) is 21.8. The van der Waals surface area contributed by atoms with Crippen LogP contribution in [-0.4, -0.2) is 30.3 Å². The van der Waals surface area contributed by atoms with E-state index >= 15 is 0 Å². The zero-order valence-corrected chi connectivity index (χ0v) is 16.8. The minimum absolute atomic E-state index is 0.219. The average molecular weight is 419 g/mol. The molecule has 0 saturated carbocycles. The third kappa shape index (κ3) is 4.53. The van der Waals surface area contributed by atoms with Crippen LogP contribution in [0.2, 0.25) is 0 Å². The number of nitrogens with zero attached hydrogens (tertiary/aromatic N) is 2. The van der Waals surface area contributed by atoms with E-state index < -0.39 is 5.82 Å². The molecule has 3 aromatic carbocycles. The van der Waals surface area contributed by atoms with Gasteiger partial charge in [0.05, 0.1) is 14.2 Å². The molecule has 0 aliphatic carbocycles. The molecule has 1 amide bonds. The normalized spacial score (nSPS) is 10.5. The Hall–Kier alpha value is -4.20. The summed E-state index contributed by atoms with van der Waals surface area (Å²) >= 11 is 0. The van der Waals surface area contributed by atoms with Crippen molar-refractivity contribution in [2.45, 2.75) is 0 Å². The fraction of sp³-hybridized carbons (Fsp3) is 0.0870. The van der Waals surface area contributed by atoms with Crippen LogP contribution < -0.4 is 14.8 Å². The first-order chi connectivity index (χ1) is 15.1. The highest BCUT2D eigenvalue weighted by molar-refractivity contribution is 6.05. The SMILES string of the molecule is COc1cc(NC(=O)c2cccc(-c3nc(-c4cccc(F)c4)no3)c2)cc(OC)c1. The van der Waals surface area contributed by atoms with E-state index in [9.17, 15) is 9.18 Å². The molecular weight excluding hydrogens is 401 g/mol. The fourth-order valence-electron chi connectivity index (χ4n) is 2.96. The lowest BCUT2D eigenvalue weighted by atomic mass is 10.1. The Kier molecular flexibility index (Phi) is 5.61. The molecular formula is C23H18FN3O4. The van der Waals surface area contributed by atoms with Crippen LogP contribution in [0.4, 0.5) is 10.1 Å². The van der Waals surface area contributed by atoms with Gasteiger partial charge < -0.3 is 19.3 Å². The van der Waals surface area contributed by atoms with E-state index in [1.54, 1.807) is 54.6 Å². The zero-order valence-electron chi connectivity index (χ0n) is 16.8. The van der Waals surface area contributed by atoms with Crippen molar-refractivity contribution >= 4 is 11.6 Å². The van der Waals surface area contributed by atoms with Crippen molar-refractivity contribution in [3.05, 3.63) is 78.1 Å². The summed E-state index contributed by atoms with van der Waals surface area (Å²) in [6.45, 7) is 0. The second-order valence-electron chi connectivity index (χ2n) is 6.57. The number of anilines is 1. The summed E-state index contributed by atoms with van der Waals surface area (Å²) in [5, 5.41) is 6.72. The minimum atomic E-state index is -0.392. The number of benzene rings is 3. The molecule has 31 heavy (non-hydrogen) atoms. The van der Waals surface area contributed by atoms with Gasteiger partial charge in [-0.1, -0.05) is 23.4 Å². The van der Waals surface area contributed by atoms with Gasteiger partial charge >= 0.3 is 0 Å². The Morgan fingerprint density at radius 3 is 2.35 bits per heavy atom. The number of halogens is 1. The lowest BCUT2D eigenvalue weighted by Crippen LogP contribution is -2.12. The van der Waals surface area contributed by atoms with E-state index in [1.165, 1.54) is 26.4 Å². The van der Waals surface area contributed by atoms with Crippen molar-refractivity contribution in [1.29, 1.82) is 0 Å². The summed E-state index contributed by atoms with van der Waals surface area (Å²) in [6.07, 6.45) is 0. The molecule has 0 aliphatic rings. The standard InChI is InChI=1S/C23H18FN3O4/c1-29-19-11-18(12-20(13-19)30-2)25-22(28)15-6-3-7-16(9-15)23-26-21(27-31-23)14-5-4-8-17(24)10-14/h3-13H,1-2H3,(H,25,28). The summed E-state index contributed by atoms with van der Waals surface area (Å²) in [5.41, 5.74) is 1.98. The lowest BCUT2D eigenvalue weighted by Gasteiger charge is -2.10. The number of carbonyl (C=O) groups is 1. The number of hydrogen-bond acceptors (Lipinski definition) is 6. The third-order valence-corrected chi connectivity index (χ3v) is 4.49. The highest BCUT2D eigenvalue weighted by atomic mass is 19.1. The predicted octanol–water partition coefficient (Wildman–Crippen LogP) is 4.81. The molecule has 0 spiro atoms. The van der Waals surface area contributed by atoms with Crippen molar-refractivity contribution in [3.63, 3.8) is 0 Å². The van der Waals surface area contributed by atoms with Crippen LogP contribution in [0.1, 0.15) is 10.4 Å². The van der Waals surface area contributed by atoms with Crippen LogP contribution in [0.15, 0.2) is 71.3 Å². The maximum absolute atomic E-state index is 13.5. The van der Waals surface area contributed by atoms with Crippen LogP contribution in [0.5, 0.6) is 11.5 Å². The molecule has 1 N–H and O–H groups in total. The molecule has 8 heteroatoms. The summed E-state index contributed by atoms with van der Waals surface area (Å²) in [6, 6.07) is 17.8. The number of hydrogen-bond donors (Lipinski definition) is 1. The summed E-state index contributed by atoms with van der Waals surface area (Å²) in [4.78, 5) is 17.1. The molecule has 4 aromatic rings. The second-order valence-corrected chi connectivity index (χ2v) is 6.57. The van der Waals surface area contributed by atoms with Crippen LogP contribution in [0, 0.1) is 5.82 Å². The van der Waals surface area contributed by atoms with E-state index in [0.29, 0.717) is 33.9 Å². The molecule has 4 rings (SSSR count). The largest absolute Gasteiger partial charge is 0.497 e. The molecule has 0 atom stereocenters. The van der Waals surface area contributed by atoms with Gasteiger partial charge in [0.25, 0.3) is 11.8 Å². The Morgan fingerprint density at radius 1 is 0.935 bits per heavy atom. The summed E-state index contributed by atoms with van der Waals surface area (Å²) in [5.74, 6) is 0.863. The fourth-order valence-corrected chi connectivity index (χ4v) is 2.96. The van der Waals surface area contributed by atoms with Gasteiger partial charge in [-0.05, 0) is 30.3 Å². The number of nitrogens with one attached hydrogen (secondary N) is 1. The van der Waals surface area contributed by atoms with Crippen molar-refractivity contribution in [2.75, 3.05) is 19.5 Å². The van der Waals surface area contributed by atoms with Crippen LogP contribution in [-0.2, 0) is 0 Å². The Balaban J connectivity index is 1.57. The monoisotopic (exact) mass is 419 g/mol. The van der Waals surface area contributed by atoms with E-state index in [0.717, 1.165) is 0 Å². The van der Waals surface area contributed by atoms with Gasteiger partial charge in [-0.3, -0.25) is 4.79 Å². The number of carbonyl (C=O) groups excluding carboxylic acids is 1. The number of amides is 1. The van der Waals surface area contributed by atoms with E-state index in [1.807, 2.05) is 0 Å². The van der Waals surface area contributed by atoms with Crippen molar-refractivity contribution in [2.24, 2.45) is 0 Å². The molecule has 0 aliphatic heterocycles. The highest BCUT2D eigenvalue weighted by Gasteiger charge is 2.14. The van der Waals surface area contributed by atoms with Gasteiger partial charge in [0.2, 0.25) is 5.82 Å². The number of ether oxygens (including phenoxy) is 2. The molecule has 0 unspecified atom stereocenters. The number of rotatable bonds is 6. The Bertz CT molecular complexity index is 1220. The molecule has 7 nitrogen and oxygen atoms in total. The third-order valence-electron chi connectivity index (χ3n) is 4.49. The minimum Gasteiger partial charge on any atom is -0.497 e. The van der Waals surface area contributed by atoms with Gasteiger partial charge in [-0.25, -0.2) is 4.39 Å². The van der Waals surface area contributed by atoms with Crippen molar-refractivity contribution in [1.82, 2.24) is 10.1 Å². The second kappa shape index (κ2) is 8.66. The maximum atomic E-state index is 13.5. The Morgan fingerprint density at radius 2 is 1.65 bits per heavy atom. The maximum Gasteiger partial charge on any atom is 0.258 e. The topological polar surface area (TPSA) is 86.5 Å². The molecule has 0 saturated heterocycles. The van der Waals surface area contributed by atoms with Gasteiger partial charge in [0.15, 0.2) is 0 Å². The average Bonchev–Trinajstić information content (AvgIpc) is 3.29. The molecule has 156 valence electrons. The van der Waals surface area contributed by atoms with Crippen molar-refractivity contribution < 1.29 is 23.2 Å². The quantitative estimate of drug-likeness (QED) is 0.483. The first-order valence-electron chi connectivity index (χ1n) is 9.30. The molecule has 0 radical (unpaired) electrons. The van der Waals surface area contributed by atoms with Crippen LogP contribution in [0.3, 0.4) is 0 Å². The van der Waals surface area contributed by atoms with Crippen LogP contribution >= 0.6 is 0 Å². The summed E-state index contributed by atoms with van der Waals surface area (Å²) < 4.78 is 29.2. The summed E-state index contributed by atoms with van der Waals surface area (Å²) in [7, 11) is 3.07. The van der Waals surface area contributed by atoms with Gasteiger partial charge in [0, 0.05) is 40.6 Å². The van der Waals surface area contributed by atoms with E-state index in [-0.39, 0.29) is 17.6 Å². The Labute approximate surface area is 177 Å². The predicted molar refractivity (Wildman–Crippen MR) is 113 cm³/mol. The van der Waals surface area contributed by atoms with E-state index in [4.69, 9.17) is 14.0 Å². The van der Waals surface area contributed by atoms with Gasteiger partial charge in [-0.15, -0.1) is 0 Å².